The quantitative estimate of drug-likeness (QED) is 0.680. The maximum absolute atomic E-state index is 14.1. The normalized spacial score (nSPS) is 11.4. The fraction of sp³-hybridized carbons (Fsp3) is 0.286. The Kier molecular flexibility index (Phi) is 3.91. The summed E-state index contributed by atoms with van der Waals surface area (Å²) >= 11 is 7.30. The van der Waals surface area contributed by atoms with E-state index in [-0.39, 0.29) is 5.52 Å². The zero-order valence-electron chi connectivity index (χ0n) is 11.2. The molecule has 21 heavy (non-hydrogen) atoms. The highest BCUT2D eigenvalue weighted by Gasteiger charge is 2.18. The number of nitrogens with zero attached hydrogens (tertiary/aromatic N) is 3. The van der Waals surface area contributed by atoms with Crippen molar-refractivity contribution in [1.82, 2.24) is 14.5 Å². The van der Waals surface area contributed by atoms with Gasteiger partial charge in [0.2, 0.25) is 0 Å². The Hall–Kier alpha value is -1.53. The average molecular weight is 328 g/mol. The van der Waals surface area contributed by atoms with Crippen molar-refractivity contribution in [2.45, 2.75) is 19.9 Å². The van der Waals surface area contributed by atoms with Crippen LogP contribution in [-0.2, 0) is 13.0 Å². The zero-order chi connectivity index (χ0) is 15.0. The maximum Gasteiger partial charge on any atom is 0.184 e. The molecule has 0 fully saturated rings. The fourth-order valence-corrected chi connectivity index (χ4v) is 3.07. The molecule has 0 aliphatic carbocycles. The van der Waals surface area contributed by atoms with Gasteiger partial charge in [-0.2, -0.15) is 0 Å². The topological polar surface area (TPSA) is 30.7 Å². The number of benzene rings is 1. The largest absolute Gasteiger partial charge is 0.319 e. The van der Waals surface area contributed by atoms with Crippen molar-refractivity contribution in [2.24, 2.45) is 0 Å². The van der Waals surface area contributed by atoms with Gasteiger partial charge in [-0.15, -0.1) is 22.9 Å². The number of fused-ring (bicyclic) bond motifs is 1. The summed E-state index contributed by atoms with van der Waals surface area (Å²) in [6.45, 7) is 2.26. The van der Waals surface area contributed by atoms with Gasteiger partial charge in [0, 0.05) is 17.7 Å². The molecule has 2 heterocycles. The number of hydrogen-bond acceptors (Lipinski definition) is 3. The molecule has 3 rings (SSSR count). The number of halogens is 3. The number of aromatic nitrogens is 3. The van der Waals surface area contributed by atoms with Crippen molar-refractivity contribution < 1.29 is 8.78 Å². The van der Waals surface area contributed by atoms with Crippen molar-refractivity contribution in [1.29, 1.82) is 0 Å². The van der Waals surface area contributed by atoms with Crippen LogP contribution in [-0.4, -0.2) is 20.4 Å². The summed E-state index contributed by atoms with van der Waals surface area (Å²) in [7, 11) is 0. The van der Waals surface area contributed by atoms with Gasteiger partial charge in [-0.1, -0.05) is 0 Å². The van der Waals surface area contributed by atoms with Crippen LogP contribution >= 0.6 is 22.9 Å². The van der Waals surface area contributed by atoms with Crippen molar-refractivity contribution in [2.75, 3.05) is 5.88 Å². The number of thiazole rings is 1. The molecule has 0 N–H and O–H groups in total. The number of rotatable bonds is 4. The van der Waals surface area contributed by atoms with Crippen molar-refractivity contribution in [3.63, 3.8) is 0 Å². The molecule has 0 aliphatic heterocycles. The summed E-state index contributed by atoms with van der Waals surface area (Å²) in [5, 5.41) is 2.84. The van der Waals surface area contributed by atoms with Gasteiger partial charge >= 0.3 is 0 Å². The summed E-state index contributed by atoms with van der Waals surface area (Å²) in [6.07, 6.45) is 0.487. The number of alkyl halides is 1. The van der Waals surface area contributed by atoms with E-state index in [2.05, 4.69) is 9.97 Å². The van der Waals surface area contributed by atoms with Crippen LogP contribution in [0.15, 0.2) is 17.5 Å². The molecule has 0 saturated heterocycles. The molecule has 1 aromatic carbocycles. The third-order valence-corrected chi connectivity index (χ3v) is 4.19. The van der Waals surface area contributed by atoms with Crippen LogP contribution < -0.4 is 0 Å². The molecule has 0 unspecified atom stereocenters. The van der Waals surface area contributed by atoms with E-state index in [0.29, 0.717) is 30.2 Å². The van der Waals surface area contributed by atoms with Gasteiger partial charge in [0.05, 0.1) is 22.8 Å². The maximum atomic E-state index is 14.1. The Bertz CT molecular complexity index is 797. The molecular formula is C14H12ClF2N3S. The van der Waals surface area contributed by atoms with Gasteiger partial charge in [-0.25, -0.2) is 18.7 Å². The Morgan fingerprint density at radius 3 is 2.76 bits per heavy atom. The molecule has 0 saturated carbocycles. The van der Waals surface area contributed by atoms with E-state index in [0.717, 1.165) is 16.8 Å². The zero-order valence-corrected chi connectivity index (χ0v) is 12.8. The van der Waals surface area contributed by atoms with Crippen LogP contribution in [0.1, 0.15) is 16.5 Å². The van der Waals surface area contributed by atoms with E-state index in [1.165, 1.54) is 17.4 Å². The fourth-order valence-electron chi connectivity index (χ4n) is 2.29. The summed E-state index contributed by atoms with van der Waals surface area (Å²) in [5.74, 6) is -0.762. The smallest absolute Gasteiger partial charge is 0.184 e. The Balaban J connectivity index is 2.16. The molecule has 0 atom stereocenters. The minimum absolute atomic E-state index is 0.167. The molecular weight excluding hydrogens is 316 g/mol. The first-order valence-corrected chi connectivity index (χ1v) is 7.81. The highest BCUT2D eigenvalue weighted by Crippen LogP contribution is 2.24. The molecule has 0 aliphatic rings. The van der Waals surface area contributed by atoms with Gasteiger partial charge in [0.1, 0.15) is 11.3 Å². The third kappa shape index (κ3) is 2.65. The van der Waals surface area contributed by atoms with E-state index in [4.69, 9.17) is 11.6 Å². The lowest BCUT2D eigenvalue weighted by Gasteiger charge is -2.07. The van der Waals surface area contributed by atoms with Crippen molar-refractivity contribution in [3.8, 4) is 0 Å². The first kappa shape index (κ1) is 14.4. The van der Waals surface area contributed by atoms with E-state index in [9.17, 15) is 8.78 Å². The lowest BCUT2D eigenvalue weighted by atomic mass is 10.3. The highest BCUT2D eigenvalue weighted by molar-refractivity contribution is 7.09. The summed E-state index contributed by atoms with van der Waals surface area (Å²) in [5.41, 5.74) is 1.40. The summed E-state index contributed by atoms with van der Waals surface area (Å²) in [6, 6.07) is 2.57. The second-order valence-corrected chi connectivity index (χ2v) is 6.08. The second kappa shape index (κ2) is 5.69. The minimum atomic E-state index is -0.882. The first-order valence-electron chi connectivity index (χ1n) is 6.40. The highest BCUT2D eigenvalue weighted by atomic mass is 35.5. The predicted molar refractivity (Wildman–Crippen MR) is 80.0 cm³/mol. The van der Waals surface area contributed by atoms with Crippen LogP contribution in [0.25, 0.3) is 11.0 Å². The van der Waals surface area contributed by atoms with Gasteiger partial charge in [-0.3, -0.25) is 0 Å². The molecule has 2 aromatic heterocycles. The Morgan fingerprint density at radius 1 is 1.29 bits per heavy atom. The molecule has 3 aromatic rings. The summed E-state index contributed by atoms with van der Waals surface area (Å²) in [4.78, 5) is 8.72. The third-order valence-electron chi connectivity index (χ3n) is 3.18. The second-order valence-electron chi connectivity index (χ2n) is 4.64. The number of imidazole rings is 1. The van der Waals surface area contributed by atoms with E-state index >= 15 is 0 Å². The Morgan fingerprint density at radius 2 is 2.10 bits per heavy atom. The first-order chi connectivity index (χ1) is 10.1. The van der Waals surface area contributed by atoms with Gasteiger partial charge < -0.3 is 4.57 Å². The Labute approximate surface area is 129 Å². The molecule has 3 nitrogen and oxygen atoms in total. The average Bonchev–Trinajstić information content (AvgIpc) is 3.00. The molecule has 0 spiro atoms. The molecule has 7 heteroatoms. The van der Waals surface area contributed by atoms with Crippen molar-refractivity contribution >= 4 is 34.0 Å². The van der Waals surface area contributed by atoms with Gasteiger partial charge in [0.25, 0.3) is 0 Å². The number of hydrogen-bond donors (Lipinski definition) is 0. The van der Waals surface area contributed by atoms with Crippen LogP contribution in [0.2, 0.25) is 0 Å². The van der Waals surface area contributed by atoms with Crippen molar-refractivity contribution in [3.05, 3.63) is 45.7 Å². The van der Waals surface area contributed by atoms with E-state index < -0.39 is 11.6 Å². The van der Waals surface area contributed by atoms with Gasteiger partial charge in [-0.05, 0) is 19.1 Å². The van der Waals surface area contributed by atoms with Crippen LogP contribution in [0.4, 0.5) is 8.78 Å². The molecule has 0 radical (unpaired) electrons. The lowest BCUT2D eigenvalue weighted by Crippen LogP contribution is -2.07. The minimum Gasteiger partial charge on any atom is -0.319 e. The molecule has 0 amide bonds. The number of aryl methyl sites for hydroxylation is 2. The molecule has 110 valence electrons. The van der Waals surface area contributed by atoms with Gasteiger partial charge in [0.15, 0.2) is 11.6 Å². The lowest BCUT2D eigenvalue weighted by molar-refractivity contribution is 0.511. The predicted octanol–water partition coefficient (Wildman–Crippen LogP) is 3.91. The van der Waals surface area contributed by atoms with Crippen LogP contribution in [0.5, 0.6) is 0 Å². The van der Waals surface area contributed by atoms with E-state index in [1.807, 2.05) is 12.3 Å². The molecule has 0 bridgehead atoms. The van der Waals surface area contributed by atoms with Crippen LogP contribution in [0.3, 0.4) is 0 Å². The van der Waals surface area contributed by atoms with E-state index in [1.54, 1.807) is 4.57 Å². The summed E-state index contributed by atoms with van der Waals surface area (Å²) < 4.78 is 29.3. The SMILES string of the molecule is Cc1nc(Cn2c(CCCl)nc3ccc(F)c(F)c32)cs1. The standard InChI is InChI=1S/C14H12ClF2N3S/c1-8-18-9(7-21-8)6-20-12(4-5-15)19-11-3-2-10(16)13(17)14(11)20/h2-3,7H,4-6H2,1H3. The monoisotopic (exact) mass is 327 g/mol. The van der Waals surface area contributed by atoms with Crippen LogP contribution in [0, 0.1) is 18.6 Å².